The minimum absolute atomic E-state index is 0.0996. The first-order valence-electron chi connectivity index (χ1n) is 9.08. The van der Waals surface area contributed by atoms with Gasteiger partial charge in [0.05, 0.1) is 25.9 Å². The van der Waals surface area contributed by atoms with Crippen molar-refractivity contribution in [3.05, 3.63) is 60.2 Å². The second-order valence-corrected chi connectivity index (χ2v) is 6.22. The van der Waals surface area contributed by atoms with E-state index in [4.69, 9.17) is 4.74 Å². The maximum Gasteiger partial charge on any atom is 0.238 e. The maximum absolute atomic E-state index is 12.4. The molecule has 144 valence electrons. The highest BCUT2D eigenvalue weighted by atomic mass is 16.5. The summed E-state index contributed by atoms with van der Waals surface area (Å²) < 4.78 is 5.24. The monoisotopic (exact) mass is 369 g/mol. The number of nitrogens with one attached hydrogen (secondary N) is 2. The molecule has 0 heterocycles. The Hall–Kier alpha value is -2.86. The Morgan fingerprint density at radius 3 is 2.33 bits per heavy atom. The molecule has 0 atom stereocenters. The minimum atomic E-state index is -0.177. The van der Waals surface area contributed by atoms with Crippen LogP contribution in [0, 0.1) is 0 Å². The number of hydrogen-bond donors (Lipinski definition) is 2. The average molecular weight is 369 g/mol. The number of ether oxygens (including phenoxy) is 1. The van der Waals surface area contributed by atoms with Crippen LogP contribution in [0.15, 0.2) is 54.6 Å². The molecule has 0 bridgehead atoms. The fourth-order valence-corrected chi connectivity index (χ4v) is 2.73. The van der Waals surface area contributed by atoms with Crippen molar-refractivity contribution in [2.24, 2.45) is 0 Å². The quantitative estimate of drug-likeness (QED) is 0.675. The van der Waals surface area contributed by atoms with Crippen LogP contribution < -0.4 is 15.4 Å². The summed E-state index contributed by atoms with van der Waals surface area (Å²) >= 11 is 0. The van der Waals surface area contributed by atoms with Gasteiger partial charge in [0.1, 0.15) is 5.75 Å². The van der Waals surface area contributed by atoms with Gasteiger partial charge in [-0.1, -0.05) is 49.4 Å². The molecule has 0 saturated heterocycles. The van der Waals surface area contributed by atoms with Crippen LogP contribution in [0.5, 0.6) is 5.75 Å². The molecule has 2 aromatic carbocycles. The van der Waals surface area contributed by atoms with Crippen LogP contribution in [0.1, 0.15) is 18.9 Å². The molecule has 2 aromatic rings. The molecule has 0 saturated carbocycles. The molecule has 0 aliphatic carbocycles. The summed E-state index contributed by atoms with van der Waals surface area (Å²) in [5.41, 5.74) is 1.66. The van der Waals surface area contributed by atoms with Crippen LogP contribution in [-0.4, -0.2) is 43.5 Å². The van der Waals surface area contributed by atoms with E-state index in [0.29, 0.717) is 24.5 Å². The average Bonchev–Trinajstić information content (AvgIpc) is 2.67. The molecular weight excluding hydrogens is 342 g/mol. The van der Waals surface area contributed by atoms with Gasteiger partial charge < -0.3 is 15.4 Å². The maximum atomic E-state index is 12.4. The number of anilines is 1. The zero-order valence-corrected chi connectivity index (χ0v) is 15.9. The smallest absolute Gasteiger partial charge is 0.238 e. The summed E-state index contributed by atoms with van der Waals surface area (Å²) in [6, 6.07) is 17.0. The number of benzene rings is 2. The minimum Gasteiger partial charge on any atom is -0.495 e. The Morgan fingerprint density at radius 2 is 1.63 bits per heavy atom. The fraction of sp³-hybridized carbons (Fsp3) is 0.333. The van der Waals surface area contributed by atoms with E-state index in [9.17, 15) is 9.59 Å². The van der Waals surface area contributed by atoms with Gasteiger partial charge in [-0.05, 0) is 30.7 Å². The number of nitrogens with zero attached hydrogens (tertiary/aromatic N) is 1. The van der Waals surface area contributed by atoms with Crippen molar-refractivity contribution in [2.75, 3.05) is 32.1 Å². The lowest BCUT2D eigenvalue weighted by atomic mass is 10.2. The Labute approximate surface area is 160 Å². The first-order chi connectivity index (χ1) is 13.1. The number of hydrogen-bond acceptors (Lipinski definition) is 4. The van der Waals surface area contributed by atoms with Gasteiger partial charge in [-0.3, -0.25) is 14.5 Å². The molecule has 2 N–H and O–H groups in total. The number of carbonyl (C=O) groups excluding carboxylic acids is 2. The van der Waals surface area contributed by atoms with E-state index in [2.05, 4.69) is 10.6 Å². The van der Waals surface area contributed by atoms with E-state index in [1.807, 2.05) is 54.3 Å². The Kier molecular flexibility index (Phi) is 8.32. The summed E-state index contributed by atoms with van der Waals surface area (Å²) in [5, 5.41) is 5.74. The molecule has 0 aromatic heterocycles. The number of amides is 2. The molecule has 0 radical (unpaired) electrons. The van der Waals surface area contributed by atoms with Crippen molar-refractivity contribution in [1.29, 1.82) is 0 Å². The number of para-hydroxylation sites is 2. The standard InChI is InChI=1S/C21H27N3O3/c1-3-13-24(15-20(25)22-14-17-9-5-4-6-10-17)16-21(26)23-18-11-7-8-12-19(18)27-2/h4-12H,3,13-16H2,1-2H3,(H,22,25)(H,23,26). The van der Waals surface area contributed by atoms with Crippen LogP contribution >= 0.6 is 0 Å². The van der Waals surface area contributed by atoms with Gasteiger partial charge in [0.25, 0.3) is 0 Å². The zero-order chi connectivity index (χ0) is 19.5. The lowest BCUT2D eigenvalue weighted by molar-refractivity contribution is -0.123. The number of rotatable bonds is 10. The van der Waals surface area contributed by atoms with Crippen LogP contribution in [-0.2, 0) is 16.1 Å². The third-order valence-electron chi connectivity index (χ3n) is 3.99. The highest BCUT2D eigenvalue weighted by molar-refractivity contribution is 5.94. The first kappa shape index (κ1) is 20.5. The van der Waals surface area contributed by atoms with Gasteiger partial charge in [0, 0.05) is 6.54 Å². The number of methoxy groups -OCH3 is 1. The molecule has 0 aliphatic rings. The van der Waals surface area contributed by atoms with Crippen molar-refractivity contribution >= 4 is 17.5 Å². The van der Waals surface area contributed by atoms with Gasteiger partial charge in [0.15, 0.2) is 0 Å². The second-order valence-electron chi connectivity index (χ2n) is 6.22. The van der Waals surface area contributed by atoms with Gasteiger partial charge in [0.2, 0.25) is 11.8 Å². The molecule has 0 fully saturated rings. The van der Waals surface area contributed by atoms with Crippen molar-refractivity contribution in [3.8, 4) is 5.75 Å². The lowest BCUT2D eigenvalue weighted by Crippen LogP contribution is -2.41. The molecule has 0 unspecified atom stereocenters. The van der Waals surface area contributed by atoms with Crippen LogP contribution in [0.4, 0.5) is 5.69 Å². The molecule has 6 nitrogen and oxygen atoms in total. The van der Waals surface area contributed by atoms with Crippen LogP contribution in [0.3, 0.4) is 0 Å². The summed E-state index contributed by atoms with van der Waals surface area (Å²) in [4.78, 5) is 26.5. The second kappa shape index (κ2) is 11.0. The Bertz CT molecular complexity index is 734. The van der Waals surface area contributed by atoms with Gasteiger partial charge in [-0.2, -0.15) is 0 Å². The van der Waals surface area contributed by atoms with E-state index in [-0.39, 0.29) is 24.9 Å². The zero-order valence-electron chi connectivity index (χ0n) is 15.9. The van der Waals surface area contributed by atoms with Gasteiger partial charge in [-0.15, -0.1) is 0 Å². The summed E-state index contributed by atoms with van der Waals surface area (Å²) in [5.74, 6) is 0.328. The van der Waals surface area contributed by atoms with Crippen molar-refractivity contribution in [3.63, 3.8) is 0 Å². The molecule has 2 rings (SSSR count). The molecule has 0 aliphatic heterocycles. The highest BCUT2D eigenvalue weighted by Crippen LogP contribution is 2.22. The van der Waals surface area contributed by atoms with E-state index >= 15 is 0 Å². The van der Waals surface area contributed by atoms with Crippen molar-refractivity contribution in [1.82, 2.24) is 10.2 Å². The van der Waals surface area contributed by atoms with Gasteiger partial charge >= 0.3 is 0 Å². The van der Waals surface area contributed by atoms with Crippen molar-refractivity contribution in [2.45, 2.75) is 19.9 Å². The first-order valence-corrected chi connectivity index (χ1v) is 9.08. The summed E-state index contributed by atoms with van der Waals surface area (Å²) in [6.45, 7) is 3.49. The topological polar surface area (TPSA) is 70.7 Å². The van der Waals surface area contributed by atoms with Crippen LogP contribution in [0.2, 0.25) is 0 Å². The van der Waals surface area contributed by atoms with Gasteiger partial charge in [-0.25, -0.2) is 0 Å². The lowest BCUT2D eigenvalue weighted by Gasteiger charge is -2.21. The predicted molar refractivity (Wildman–Crippen MR) is 107 cm³/mol. The van der Waals surface area contributed by atoms with E-state index in [1.165, 1.54) is 0 Å². The van der Waals surface area contributed by atoms with Crippen LogP contribution in [0.25, 0.3) is 0 Å². The largest absolute Gasteiger partial charge is 0.495 e. The molecule has 27 heavy (non-hydrogen) atoms. The fourth-order valence-electron chi connectivity index (χ4n) is 2.73. The molecule has 0 spiro atoms. The molecular formula is C21H27N3O3. The van der Waals surface area contributed by atoms with E-state index in [1.54, 1.807) is 19.2 Å². The highest BCUT2D eigenvalue weighted by Gasteiger charge is 2.15. The molecule has 6 heteroatoms. The Balaban J connectivity index is 1.86. The SMILES string of the molecule is CCCN(CC(=O)NCc1ccccc1)CC(=O)Nc1ccccc1OC. The normalized spacial score (nSPS) is 10.5. The predicted octanol–water partition coefficient (Wildman–Crippen LogP) is 2.66. The third-order valence-corrected chi connectivity index (χ3v) is 3.99. The Morgan fingerprint density at radius 1 is 0.963 bits per heavy atom. The summed E-state index contributed by atoms with van der Waals surface area (Å²) in [7, 11) is 1.56. The van der Waals surface area contributed by atoms with Crippen molar-refractivity contribution < 1.29 is 14.3 Å². The van der Waals surface area contributed by atoms with E-state index < -0.39 is 0 Å². The summed E-state index contributed by atoms with van der Waals surface area (Å²) in [6.07, 6.45) is 0.855. The third kappa shape index (κ3) is 7.11. The number of carbonyl (C=O) groups is 2. The molecule has 2 amide bonds. The van der Waals surface area contributed by atoms with E-state index in [0.717, 1.165) is 12.0 Å².